The fourth-order valence-electron chi connectivity index (χ4n) is 1.58. The van der Waals surface area contributed by atoms with Crippen LogP contribution in [0, 0.1) is 13.8 Å². The first kappa shape index (κ1) is 16.0. The molecule has 0 N–H and O–H groups in total. The van der Waals surface area contributed by atoms with Gasteiger partial charge in [0.25, 0.3) is 11.1 Å². The molecule has 114 valence electrons. The lowest BCUT2D eigenvalue weighted by molar-refractivity contribution is -0.140. The number of aromatic nitrogens is 3. The van der Waals surface area contributed by atoms with E-state index in [1.165, 1.54) is 23.1 Å². The van der Waals surface area contributed by atoms with E-state index >= 15 is 0 Å². The largest absolute Gasteiger partial charge is 0.465 e. The quantitative estimate of drug-likeness (QED) is 0.439. The molecule has 2 aromatic heterocycles. The van der Waals surface area contributed by atoms with Crippen LogP contribution >= 0.6 is 23.1 Å². The zero-order chi connectivity index (χ0) is 15.2. The maximum atomic E-state index is 11.5. The van der Waals surface area contributed by atoms with E-state index in [0.717, 1.165) is 28.4 Å². The standard InChI is InChI=1S/C13H17N3O3S2/c1-4-5-6-18-10(17)7-20-13-16-15-12(19-13)11-8(2)14-9(3)21-11/h4-7H2,1-3H3. The molecule has 0 saturated carbocycles. The van der Waals surface area contributed by atoms with Crippen molar-refractivity contribution in [1.29, 1.82) is 0 Å². The zero-order valence-electron chi connectivity index (χ0n) is 12.2. The first-order valence-electron chi connectivity index (χ1n) is 6.66. The Kier molecular flexibility index (Phi) is 5.75. The molecule has 0 unspecified atom stereocenters. The summed E-state index contributed by atoms with van der Waals surface area (Å²) in [6.07, 6.45) is 1.88. The van der Waals surface area contributed by atoms with Gasteiger partial charge in [0.15, 0.2) is 0 Å². The maximum absolute atomic E-state index is 11.5. The van der Waals surface area contributed by atoms with E-state index < -0.39 is 0 Å². The molecule has 0 amide bonds. The molecule has 0 aliphatic rings. The minimum atomic E-state index is -0.266. The van der Waals surface area contributed by atoms with E-state index in [1.807, 2.05) is 20.8 Å². The molecule has 6 nitrogen and oxygen atoms in total. The maximum Gasteiger partial charge on any atom is 0.316 e. The van der Waals surface area contributed by atoms with Gasteiger partial charge >= 0.3 is 5.97 Å². The van der Waals surface area contributed by atoms with E-state index in [-0.39, 0.29) is 11.7 Å². The number of hydrogen-bond acceptors (Lipinski definition) is 8. The number of hydrogen-bond donors (Lipinski definition) is 0. The Balaban J connectivity index is 1.89. The van der Waals surface area contributed by atoms with Gasteiger partial charge in [-0.15, -0.1) is 21.5 Å². The van der Waals surface area contributed by atoms with Crippen molar-refractivity contribution >= 4 is 29.1 Å². The van der Waals surface area contributed by atoms with Crippen LogP contribution in [-0.2, 0) is 9.53 Å². The summed E-state index contributed by atoms with van der Waals surface area (Å²) in [5, 5.41) is 9.24. The minimum absolute atomic E-state index is 0.173. The van der Waals surface area contributed by atoms with Crippen molar-refractivity contribution in [2.24, 2.45) is 0 Å². The summed E-state index contributed by atoms with van der Waals surface area (Å²) in [5.74, 6) is 0.351. The van der Waals surface area contributed by atoms with Gasteiger partial charge in [-0.25, -0.2) is 4.98 Å². The van der Waals surface area contributed by atoms with Crippen LogP contribution in [0.2, 0.25) is 0 Å². The summed E-state index contributed by atoms with van der Waals surface area (Å²) in [6.45, 7) is 6.34. The molecular weight excluding hydrogens is 310 g/mol. The summed E-state index contributed by atoms with van der Waals surface area (Å²) in [4.78, 5) is 16.7. The molecule has 0 bridgehead atoms. The third kappa shape index (κ3) is 4.53. The third-order valence-electron chi connectivity index (χ3n) is 2.58. The summed E-state index contributed by atoms with van der Waals surface area (Å²) in [7, 11) is 0. The molecule has 0 radical (unpaired) electrons. The lowest BCUT2D eigenvalue weighted by Gasteiger charge is -2.01. The predicted molar refractivity (Wildman–Crippen MR) is 81.5 cm³/mol. The number of esters is 1. The average Bonchev–Trinajstić information content (AvgIpc) is 3.03. The molecule has 8 heteroatoms. The summed E-state index contributed by atoms with van der Waals surface area (Å²) >= 11 is 2.69. The van der Waals surface area contributed by atoms with E-state index in [2.05, 4.69) is 15.2 Å². The van der Waals surface area contributed by atoms with Gasteiger partial charge in [-0.05, 0) is 20.3 Å². The predicted octanol–water partition coefficient (Wildman–Crippen LogP) is 3.25. The van der Waals surface area contributed by atoms with Gasteiger partial charge < -0.3 is 9.15 Å². The highest BCUT2D eigenvalue weighted by Gasteiger charge is 2.16. The molecule has 0 saturated heterocycles. The van der Waals surface area contributed by atoms with E-state index in [4.69, 9.17) is 9.15 Å². The van der Waals surface area contributed by atoms with Crippen LogP contribution in [0.5, 0.6) is 0 Å². The molecule has 0 aromatic carbocycles. The molecule has 0 aliphatic heterocycles. The lowest BCUT2D eigenvalue weighted by atomic mass is 10.4. The first-order valence-corrected chi connectivity index (χ1v) is 8.46. The SMILES string of the molecule is CCCCOC(=O)CSc1nnc(-c2sc(C)nc2C)o1. The van der Waals surface area contributed by atoms with Crippen molar-refractivity contribution in [2.75, 3.05) is 12.4 Å². The summed E-state index contributed by atoms with van der Waals surface area (Å²) in [5.41, 5.74) is 0.872. The van der Waals surface area contributed by atoms with Crippen molar-refractivity contribution in [1.82, 2.24) is 15.2 Å². The van der Waals surface area contributed by atoms with Crippen LogP contribution in [0.3, 0.4) is 0 Å². The molecule has 2 rings (SSSR count). The highest BCUT2D eigenvalue weighted by Crippen LogP contribution is 2.30. The normalized spacial score (nSPS) is 10.8. The van der Waals surface area contributed by atoms with Gasteiger partial charge in [0, 0.05) is 0 Å². The van der Waals surface area contributed by atoms with Gasteiger partial charge in [0.2, 0.25) is 0 Å². The van der Waals surface area contributed by atoms with Gasteiger partial charge in [0.1, 0.15) is 10.6 Å². The van der Waals surface area contributed by atoms with Gasteiger partial charge in [-0.1, -0.05) is 25.1 Å². The Hall–Kier alpha value is -1.41. The minimum Gasteiger partial charge on any atom is -0.465 e. The lowest BCUT2D eigenvalue weighted by Crippen LogP contribution is -2.08. The topological polar surface area (TPSA) is 78.1 Å². The number of aryl methyl sites for hydroxylation is 2. The fourth-order valence-corrected chi connectivity index (χ4v) is 2.98. The van der Waals surface area contributed by atoms with Crippen molar-refractivity contribution in [3.05, 3.63) is 10.7 Å². The average molecular weight is 327 g/mol. The number of unbranched alkanes of at least 4 members (excludes halogenated alkanes) is 1. The number of ether oxygens (including phenoxy) is 1. The third-order valence-corrected chi connectivity index (χ3v) is 4.43. The molecule has 2 heterocycles. The molecule has 0 aliphatic carbocycles. The zero-order valence-corrected chi connectivity index (χ0v) is 13.8. The number of rotatable bonds is 7. The Morgan fingerprint density at radius 2 is 2.19 bits per heavy atom. The Labute approximate surface area is 131 Å². The van der Waals surface area contributed by atoms with E-state index in [1.54, 1.807) is 0 Å². The number of carbonyl (C=O) groups is 1. The Morgan fingerprint density at radius 3 is 2.86 bits per heavy atom. The molecule has 21 heavy (non-hydrogen) atoms. The number of thiazole rings is 1. The van der Waals surface area contributed by atoms with Crippen LogP contribution < -0.4 is 0 Å². The van der Waals surface area contributed by atoms with Gasteiger partial charge in [0.05, 0.1) is 17.3 Å². The molecule has 0 atom stereocenters. The number of carbonyl (C=O) groups excluding carboxylic acids is 1. The summed E-state index contributed by atoms with van der Waals surface area (Å²) in [6, 6.07) is 0. The van der Waals surface area contributed by atoms with Crippen molar-refractivity contribution in [3.63, 3.8) is 0 Å². The Bertz CT molecular complexity index is 610. The van der Waals surface area contributed by atoms with Crippen molar-refractivity contribution < 1.29 is 13.9 Å². The number of nitrogens with zero attached hydrogens (tertiary/aromatic N) is 3. The van der Waals surface area contributed by atoms with Crippen molar-refractivity contribution in [3.8, 4) is 10.8 Å². The monoisotopic (exact) mass is 327 g/mol. The van der Waals surface area contributed by atoms with Crippen LogP contribution in [0.15, 0.2) is 9.64 Å². The smallest absolute Gasteiger partial charge is 0.316 e. The highest BCUT2D eigenvalue weighted by atomic mass is 32.2. The Morgan fingerprint density at radius 1 is 1.38 bits per heavy atom. The van der Waals surface area contributed by atoms with Crippen molar-refractivity contribution in [2.45, 2.75) is 38.8 Å². The van der Waals surface area contributed by atoms with Crippen LogP contribution in [0.4, 0.5) is 0 Å². The van der Waals surface area contributed by atoms with E-state index in [0.29, 0.717) is 17.7 Å². The van der Waals surface area contributed by atoms with Crippen LogP contribution in [-0.4, -0.2) is 33.5 Å². The highest BCUT2D eigenvalue weighted by molar-refractivity contribution is 7.99. The second-order valence-electron chi connectivity index (χ2n) is 4.38. The van der Waals surface area contributed by atoms with Crippen LogP contribution in [0.25, 0.3) is 10.8 Å². The van der Waals surface area contributed by atoms with Gasteiger partial charge in [-0.3, -0.25) is 4.79 Å². The van der Waals surface area contributed by atoms with Crippen LogP contribution in [0.1, 0.15) is 30.5 Å². The molecular formula is C13H17N3O3S2. The summed E-state index contributed by atoms with van der Waals surface area (Å²) < 4.78 is 10.6. The van der Waals surface area contributed by atoms with E-state index in [9.17, 15) is 4.79 Å². The van der Waals surface area contributed by atoms with Gasteiger partial charge in [-0.2, -0.15) is 0 Å². The molecule has 0 fully saturated rings. The second-order valence-corrected chi connectivity index (χ2v) is 6.51. The second kappa shape index (κ2) is 7.56. The molecule has 0 spiro atoms. The first-order chi connectivity index (χ1) is 10.1. The molecule has 2 aromatic rings. The number of thioether (sulfide) groups is 1. The fraction of sp³-hybridized carbons (Fsp3) is 0.538.